The number of benzene rings is 1. The number of urea groups is 2. The molecule has 78 heavy (non-hydrogen) atoms. The number of ketones is 4. The van der Waals surface area contributed by atoms with Crippen LogP contribution in [-0.2, 0) is 42.7 Å². The van der Waals surface area contributed by atoms with Crippen molar-refractivity contribution in [3.8, 4) is 0 Å². The molecule has 440 valence electrons. The van der Waals surface area contributed by atoms with Gasteiger partial charge >= 0.3 is 18.2 Å². The van der Waals surface area contributed by atoms with E-state index in [1.807, 2.05) is 23.5 Å². The molecule has 4 fully saturated rings. The van der Waals surface area contributed by atoms with E-state index in [2.05, 4.69) is 26.6 Å². The average Bonchev–Trinajstić information content (AvgIpc) is 4.17. The summed E-state index contributed by atoms with van der Waals surface area (Å²) in [5.41, 5.74) is 0.262. The van der Waals surface area contributed by atoms with Gasteiger partial charge < -0.3 is 54.4 Å². The molecule has 1 aromatic carbocycles. The molecule has 0 saturated carbocycles. The van der Waals surface area contributed by atoms with Crippen LogP contribution in [0.1, 0.15) is 170 Å². The SMILES string of the molecule is CC(C)(C)OC(=O)Nc1cc(C(=O)CCCCOCCOCCOCCCCC(=O)CCCCC2SCC3NC(=O)NC32)cc(C(=O)CCCCOCCOCCOCCCCC(=O)CCCCC2SCC3NC(=O)NC32)c1. The lowest BCUT2D eigenvalue weighted by Gasteiger charge is -2.20. The molecule has 1 aromatic rings. The van der Waals surface area contributed by atoms with E-state index in [1.54, 1.807) is 39.0 Å². The van der Waals surface area contributed by atoms with Gasteiger partial charge in [0.15, 0.2) is 11.6 Å². The van der Waals surface area contributed by atoms with E-state index >= 15 is 0 Å². The van der Waals surface area contributed by atoms with Crippen LogP contribution in [0.3, 0.4) is 0 Å². The maximum Gasteiger partial charge on any atom is 0.412 e. The molecule has 5 rings (SSSR count). The van der Waals surface area contributed by atoms with Crippen molar-refractivity contribution in [2.45, 2.75) is 189 Å². The van der Waals surface area contributed by atoms with Gasteiger partial charge in [-0.2, -0.15) is 23.5 Å². The molecule has 4 saturated heterocycles. The summed E-state index contributed by atoms with van der Waals surface area (Å²) in [6.07, 6.45) is 13.8. The van der Waals surface area contributed by atoms with Crippen molar-refractivity contribution in [1.82, 2.24) is 21.3 Å². The predicted octanol–water partition coefficient (Wildman–Crippen LogP) is 8.77. The zero-order valence-corrected chi connectivity index (χ0v) is 48.4. The van der Waals surface area contributed by atoms with Crippen LogP contribution in [-0.4, -0.2) is 172 Å². The third-order valence-corrected chi connectivity index (χ3v) is 16.9. The largest absolute Gasteiger partial charge is 0.444 e. The number of hydrogen-bond acceptors (Lipinski definition) is 16. The van der Waals surface area contributed by atoms with Gasteiger partial charge in [-0.05, 0) is 116 Å². The lowest BCUT2D eigenvalue weighted by molar-refractivity contribution is -0.120. The maximum atomic E-state index is 13.4. The molecule has 0 bridgehead atoms. The molecule has 0 radical (unpaired) electrons. The second kappa shape index (κ2) is 37.2. The Bertz CT molecular complexity index is 1890. The van der Waals surface area contributed by atoms with Gasteiger partial charge in [0, 0.05) is 104 Å². The summed E-state index contributed by atoms with van der Waals surface area (Å²) in [5, 5.41) is 15.5. The number of ether oxygens (including phenoxy) is 7. The van der Waals surface area contributed by atoms with E-state index in [4.69, 9.17) is 33.2 Å². The number of amides is 5. The molecule has 4 heterocycles. The standard InChI is InChI=1S/C57H91N5O14S2/c1-57(2,3)76-56(69)58-43-37-41(48(65)20-10-14-26-72-30-34-74-32-28-70-24-12-8-18-44(63)16-4-6-22-50-52-46(39-77-50)59-54(67)61-52)36-42(38-43)49(66)21-11-15-27-73-31-35-75-33-29-71-25-13-9-19-45(64)17-5-7-23-51-53-47(40-78-51)60-55(68)62-53/h36-38,46-47,50-53H,4-35,39-40H2,1-3H3,(H,58,69)(H2,59,61,67)(H2,60,62,68). The van der Waals surface area contributed by atoms with Gasteiger partial charge in [0.25, 0.3) is 0 Å². The molecule has 19 nitrogen and oxygen atoms in total. The van der Waals surface area contributed by atoms with Crippen LogP contribution in [0.25, 0.3) is 0 Å². The van der Waals surface area contributed by atoms with Crippen LogP contribution in [0.4, 0.5) is 20.1 Å². The van der Waals surface area contributed by atoms with Gasteiger partial charge in [0.1, 0.15) is 17.2 Å². The van der Waals surface area contributed by atoms with E-state index in [1.165, 1.54) is 0 Å². The number of rotatable bonds is 45. The fourth-order valence-electron chi connectivity index (χ4n) is 9.72. The number of hydrogen-bond donors (Lipinski definition) is 5. The van der Waals surface area contributed by atoms with Crippen molar-refractivity contribution in [3.63, 3.8) is 0 Å². The Kier molecular flexibility index (Phi) is 31.0. The molecule has 0 aromatic heterocycles. The lowest BCUT2D eigenvalue weighted by Crippen LogP contribution is -2.36. The molecule has 0 spiro atoms. The Morgan fingerprint density at radius 1 is 0.474 bits per heavy atom. The zero-order valence-electron chi connectivity index (χ0n) is 46.8. The molecule has 5 amide bonds. The number of unbranched alkanes of at least 4 members (excludes halogenated alkanes) is 6. The van der Waals surface area contributed by atoms with Crippen molar-refractivity contribution in [2.24, 2.45) is 0 Å². The normalized spacial score (nSPS) is 20.4. The Labute approximate surface area is 471 Å². The highest BCUT2D eigenvalue weighted by atomic mass is 32.2. The van der Waals surface area contributed by atoms with Crippen molar-refractivity contribution >= 4 is 70.5 Å². The monoisotopic (exact) mass is 1130 g/mol. The van der Waals surface area contributed by atoms with Crippen molar-refractivity contribution in [2.75, 3.05) is 96.1 Å². The van der Waals surface area contributed by atoms with Gasteiger partial charge in [0.05, 0.1) is 77.0 Å². The first-order valence-electron chi connectivity index (χ1n) is 28.8. The highest BCUT2D eigenvalue weighted by Crippen LogP contribution is 2.34. The quantitative estimate of drug-likeness (QED) is 0.0233. The van der Waals surface area contributed by atoms with Crippen LogP contribution in [0, 0.1) is 0 Å². The van der Waals surface area contributed by atoms with Crippen LogP contribution in [0.2, 0.25) is 0 Å². The highest BCUT2D eigenvalue weighted by molar-refractivity contribution is 8.00. The van der Waals surface area contributed by atoms with Crippen LogP contribution >= 0.6 is 23.5 Å². The molecule has 6 atom stereocenters. The Hall–Kier alpha value is -3.83. The minimum absolute atomic E-state index is 0.0630. The summed E-state index contributed by atoms with van der Waals surface area (Å²) in [7, 11) is 0. The Balaban J connectivity index is 0.811. The first-order chi connectivity index (χ1) is 37.7. The minimum atomic E-state index is -0.730. The lowest BCUT2D eigenvalue weighted by atomic mass is 9.98. The number of nitrogens with one attached hydrogen (secondary N) is 5. The third-order valence-electron chi connectivity index (χ3n) is 13.8. The number of carbonyl (C=O) groups excluding carboxylic acids is 7. The van der Waals surface area contributed by atoms with E-state index in [9.17, 15) is 33.6 Å². The van der Waals surface area contributed by atoms with E-state index in [0.717, 1.165) is 75.7 Å². The molecule has 5 N–H and O–H groups in total. The second-order valence-corrected chi connectivity index (χ2v) is 24.1. The third kappa shape index (κ3) is 26.6. The van der Waals surface area contributed by atoms with Crippen molar-refractivity contribution in [1.29, 1.82) is 0 Å². The minimum Gasteiger partial charge on any atom is -0.444 e. The summed E-state index contributed by atoms with van der Waals surface area (Å²) in [6, 6.07) is 5.54. The summed E-state index contributed by atoms with van der Waals surface area (Å²) in [4.78, 5) is 87.1. The number of Topliss-reactive ketones (excluding diaryl/α,β-unsaturated/α-hetero) is 4. The number of fused-ring (bicyclic) bond motifs is 2. The Morgan fingerprint density at radius 3 is 1.19 bits per heavy atom. The summed E-state index contributed by atoms with van der Waals surface area (Å²) >= 11 is 3.82. The second-order valence-electron chi connectivity index (χ2n) is 21.6. The van der Waals surface area contributed by atoms with Crippen molar-refractivity contribution in [3.05, 3.63) is 29.3 Å². The smallest absolute Gasteiger partial charge is 0.412 e. The van der Waals surface area contributed by atoms with Crippen LogP contribution in [0.5, 0.6) is 0 Å². The average molecular weight is 1130 g/mol. The van der Waals surface area contributed by atoms with Gasteiger partial charge in [0.2, 0.25) is 0 Å². The maximum absolute atomic E-state index is 13.4. The predicted molar refractivity (Wildman–Crippen MR) is 303 cm³/mol. The number of carbonyl (C=O) groups is 7. The zero-order chi connectivity index (χ0) is 55.8. The van der Waals surface area contributed by atoms with Crippen LogP contribution < -0.4 is 26.6 Å². The first-order valence-corrected chi connectivity index (χ1v) is 30.9. The molecule has 4 aliphatic rings. The highest BCUT2D eigenvalue weighted by Gasteiger charge is 2.43. The molecular weight excluding hydrogens is 1040 g/mol. The summed E-state index contributed by atoms with van der Waals surface area (Å²) < 4.78 is 39.4. The Morgan fingerprint density at radius 2 is 0.821 bits per heavy atom. The van der Waals surface area contributed by atoms with E-state index in [0.29, 0.717) is 170 Å². The van der Waals surface area contributed by atoms with Gasteiger partial charge in [-0.25, -0.2) is 14.4 Å². The molecule has 21 heteroatoms. The fraction of sp³-hybridized carbons (Fsp3) is 0.772. The molecular formula is C57H91N5O14S2. The number of anilines is 1. The molecule has 0 aliphatic carbocycles. The molecule has 6 unspecified atom stereocenters. The topological polar surface area (TPSA) is 244 Å². The van der Waals surface area contributed by atoms with Gasteiger partial charge in [-0.15, -0.1) is 0 Å². The summed E-state index contributed by atoms with van der Waals surface area (Å²) in [6.45, 7) is 10.9. The fourth-order valence-corrected chi connectivity index (χ4v) is 12.8. The molecule has 4 aliphatic heterocycles. The van der Waals surface area contributed by atoms with Gasteiger partial charge in [-0.3, -0.25) is 24.5 Å². The van der Waals surface area contributed by atoms with Crippen LogP contribution in [0.15, 0.2) is 18.2 Å². The van der Waals surface area contributed by atoms with E-state index < -0.39 is 11.7 Å². The van der Waals surface area contributed by atoms with Gasteiger partial charge in [-0.1, -0.05) is 12.8 Å². The number of thioether (sulfide) groups is 2. The van der Waals surface area contributed by atoms with Crippen molar-refractivity contribution < 1.29 is 66.7 Å². The summed E-state index contributed by atoms with van der Waals surface area (Å²) in [5.74, 6) is 2.23. The first kappa shape index (κ1) is 65.0. The van der Waals surface area contributed by atoms with E-state index in [-0.39, 0.29) is 60.6 Å².